The molecule has 0 aliphatic carbocycles. The van der Waals surface area contributed by atoms with Gasteiger partial charge in [-0.2, -0.15) is 0 Å². The Kier molecular flexibility index (Phi) is 10.9. The van der Waals surface area contributed by atoms with Gasteiger partial charge in [0.1, 0.15) is 0 Å². The van der Waals surface area contributed by atoms with Crippen molar-refractivity contribution in [3.8, 4) is 0 Å². The van der Waals surface area contributed by atoms with E-state index < -0.39 is 0 Å². The molecule has 0 spiro atoms. The Labute approximate surface area is 273 Å². The van der Waals surface area contributed by atoms with E-state index in [1.807, 2.05) is 36.4 Å². The molecule has 1 aliphatic rings. The molecule has 4 aromatic rings. The summed E-state index contributed by atoms with van der Waals surface area (Å²) in [5, 5.41) is 2.21. The molecule has 1 saturated heterocycles. The van der Waals surface area contributed by atoms with E-state index in [2.05, 4.69) is 90.4 Å². The lowest BCUT2D eigenvalue weighted by Crippen LogP contribution is -2.50. The summed E-state index contributed by atoms with van der Waals surface area (Å²) in [5.41, 5.74) is 4.94. The Morgan fingerprint density at radius 1 is 0.674 bits per heavy atom. The van der Waals surface area contributed by atoms with Crippen LogP contribution in [0.3, 0.4) is 0 Å². The molecular weight excluding hydrogens is 591 g/mol. The number of rotatable bonds is 12. The average Bonchev–Trinajstić information content (AvgIpc) is 3.04. The summed E-state index contributed by atoms with van der Waals surface area (Å²) in [6.45, 7) is 11.1. The molecule has 43 heavy (non-hydrogen) atoms. The molecule has 226 valence electrons. The van der Waals surface area contributed by atoms with Crippen molar-refractivity contribution < 1.29 is 0 Å². The lowest BCUT2D eigenvalue weighted by atomic mass is 9.67. The van der Waals surface area contributed by atoms with Gasteiger partial charge in [0, 0.05) is 32.4 Å². The van der Waals surface area contributed by atoms with Gasteiger partial charge in [-0.1, -0.05) is 115 Å². The molecule has 0 saturated carbocycles. The van der Waals surface area contributed by atoms with Crippen LogP contribution in [0.5, 0.6) is 0 Å². The first-order chi connectivity index (χ1) is 20.9. The standard InChI is InChI=1S/C38H43Cl3N2/c1-3-25-42(4-2)29-37(30-8-6-5-7-9-30)22-26-43(27-23-37)28-24-38(31-10-16-34(39)17-11-31,32-12-18-35(40)19-13-32)33-14-20-36(41)21-15-33/h5-21H,3-4,22-29H2,1-2H3. The summed E-state index contributed by atoms with van der Waals surface area (Å²) >= 11 is 19.2. The molecular formula is C38H43Cl3N2. The van der Waals surface area contributed by atoms with Crippen LogP contribution in [0.2, 0.25) is 15.1 Å². The van der Waals surface area contributed by atoms with Gasteiger partial charge in [-0.25, -0.2) is 0 Å². The van der Waals surface area contributed by atoms with Gasteiger partial charge < -0.3 is 9.80 Å². The molecule has 1 heterocycles. The zero-order valence-corrected chi connectivity index (χ0v) is 27.7. The van der Waals surface area contributed by atoms with Crippen molar-refractivity contribution in [1.82, 2.24) is 9.80 Å². The van der Waals surface area contributed by atoms with Crippen molar-refractivity contribution in [3.63, 3.8) is 0 Å². The quantitative estimate of drug-likeness (QED) is 0.143. The fraction of sp³-hybridized carbons (Fsp3) is 0.368. The molecule has 0 aromatic heterocycles. The monoisotopic (exact) mass is 632 g/mol. The summed E-state index contributed by atoms with van der Waals surface area (Å²) in [6.07, 6.45) is 4.43. The summed E-state index contributed by atoms with van der Waals surface area (Å²) in [4.78, 5) is 5.32. The van der Waals surface area contributed by atoms with Gasteiger partial charge in [0.2, 0.25) is 0 Å². The number of likely N-dealkylation sites (N-methyl/N-ethyl adjacent to an activating group) is 1. The van der Waals surface area contributed by atoms with Crippen LogP contribution in [0.15, 0.2) is 103 Å². The van der Waals surface area contributed by atoms with Crippen molar-refractivity contribution in [2.24, 2.45) is 0 Å². The van der Waals surface area contributed by atoms with E-state index in [1.165, 1.54) is 28.7 Å². The summed E-state index contributed by atoms with van der Waals surface area (Å²) in [7, 11) is 0. The Morgan fingerprint density at radius 2 is 1.14 bits per heavy atom. The zero-order valence-electron chi connectivity index (χ0n) is 25.4. The van der Waals surface area contributed by atoms with Crippen molar-refractivity contribution in [3.05, 3.63) is 140 Å². The normalized spacial score (nSPS) is 15.6. The second-order valence-corrected chi connectivity index (χ2v) is 13.3. The molecule has 0 bridgehead atoms. The number of nitrogens with zero attached hydrogens (tertiary/aromatic N) is 2. The summed E-state index contributed by atoms with van der Waals surface area (Å²) in [6, 6.07) is 36.3. The first-order valence-electron chi connectivity index (χ1n) is 15.7. The Bertz CT molecular complexity index is 1300. The second-order valence-electron chi connectivity index (χ2n) is 12.0. The third-order valence-corrected chi connectivity index (χ3v) is 10.3. The maximum Gasteiger partial charge on any atom is 0.0463 e. The third kappa shape index (κ3) is 7.32. The highest BCUT2D eigenvalue weighted by Crippen LogP contribution is 2.44. The topological polar surface area (TPSA) is 6.48 Å². The predicted molar refractivity (Wildman–Crippen MR) is 185 cm³/mol. The minimum atomic E-state index is -0.381. The van der Waals surface area contributed by atoms with E-state index in [0.29, 0.717) is 0 Å². The van der Waals surface area contributed by atoms with E-state index in [0.717, 1.165) is 73.6 Å². The van der Waals surface area contributed by atoms with Crippen LogP contribution in [0.25, 0.3) is 0 Å². The van der Waals surface area contributed by atoms with Crippen LogP contribution in [0.4, 0.5) is 0 Å². The van der Waals surface area contributed by atoms with Gasteiger partial charge in [-0.3, -0.25) is 0 Å². The number of hydrogen-bond donors (Lipinski definition) is 0. The zero-order chi connectivity index (χ0) is 30.3. The molecule has 0 radical (unpaired) electrons. The highest BCUT2D eigenvalue weighted by molar-refractivity contribution is 6.31. The SMILES string of the molecule is CCCN(CC)CC1(c2ccccc2)CCN(CCC(c2ccc(Cl)cc2)(c2ccc(Cl)cc2)c2ccc(Cl)cc2)CC1. The Hall–Kier alpha value is -2.33. The smallest absolute Gasteiger partial charge is 0.0463 e. The first-order valence-corrected chi connectivity index (χ1v) is 16.8. The van der Waals surface area contributed by atoms with Crippen LogP contribution in [0, 0.1) is 0 Å². The molecule has 0 amide bonds. The predicted octanol–water partition coefficient (Wildman–Crippen LogP) is 10.1. The number of piperidine rings is 1. The van der Waals surface area contributed by atoms with Crippen molar-refractivity contribution in [2.75, 3.05) is 39.3 Å². The van der Waals surface area contributed by atoms with Crippen molar-refractivity contribution in [1.29, 1.82) is 0 Å². The summed E-state index contributed by atoms with van der Waals surface area (Å²) < 4.78 is 0. The molecule has 5 rings (SSSR count). The number of benzene rings is 4. The van der Waals surface area contributed by atoms with E-state index >= 15 is 0 Å². The lowest BCUT2D eigenvalue weighted by molar-refractivity contribution is 0.114. The van der Waals surface area contributed by atoms with Gasteiger partial charge in [-0.15, -0.1) is 0 Å². The van der Waals surface area contributed by atoms with Crippen LogP contribution in [-0.4, -0.2) is 49.1 Å². The third-order valence-electron chi connectivity index (χ3n) is 9.53. The maximum atomic E-state index is 6.39. The van der Waals surface area contributed by atoms with Crippen LogP contribution in [-0.2, 0) is 10.8 Å². The number of halogens is 3. The molecule has 1 fully saturated rings. The van der Waals surface area contributed by atoms with Gasteiger partial charge in [-0.05, 0) is 117 Å². The molecule has 0 N–H and O–H groups in total. The number of likely N-dealkylation sites (tertiary alicyclic amines) is 1. The maximum absolute atomic E-state index is 6.39. The Balaban J connectivity index is 1.46. The summed E-state index contributed by atoms with van der Waals surface area (Å²) in [5.74, 6) is 0. The van der Waals surface area contributed by atoms with Crippen molar-refractivity contribution in [2.45, 2.75) is 50.4 Å². The molecule has 4 aromatic carbocycles. The fourth-order valence-corrected chi connectivity index (χ4v) is 7.47. The lowest BCUT2D eigenvalue weighted by Gasteiger charge is -2.46. The second kappa shape index (κ2) is 14.6. The molecule has 0 unspecified atom stereocenters. The van der Waals surface area contributed by atoms with Gasteiger partial charge in [0.05, 0.1) is 0 Å². The highest BCUT2D eigenvalue weighted by Gasteiger charge is 2.40. The Morgan fingerprint density at radius 3 is 1.56 bits per heavy atom. The van der Waals surface area contributed by atoms with Crippen LogP contribution < -0.4 is 0 Å². The van der Waals surface area contributed by atoms with Crippen LogP contribution in [0.1, 0.15) is 61.8 Å². The minimum absolute atomic E-state index is 0.183. The average molecular weight is 634 g/mol. The first kappa shape index (κ1) is 32.1. The van der Waals surface area contributed by atoms with Crippen LogP contribution >= 0.6 is 34.8 Å². The largest absolute Gasteiger partial charge is 0.303 e. The van der Waals surface area contributed by atoms with Gasteiger partial charge >= 0.3 is 0 Å². The minimum Gasteiger partial charge on any atom is -0.303 e. The van der Waals surface area contributed by atoms with E-state index in [1.54, 1.807) is 0 Å². The number of hydrogen-bond acceptors (Lipinski definition) is 2. The van der Waals surface area contributed by atoms with Gasteiger partial charge in [0.25, 0.3) is 0 Å². The molecule has 1 aliphatic heterocycles. The highest BCUT2D eigenvalue weighted by atomic mass is 35.5. The van der Waals surface area contributed by atoms with Gasteiger partial charge in [0.15, 0.2) is 0 Å². The molecule has 2 nitrogen and oxygen atoms in total. The van der Waals surface area contributed by atoms with E-state index in [9.17, 15) is 0 Å². The molecule has 5 heteroatoms. The van der Waals surface area contributed by atoms with Crippen molar-refractivity contribution >= 4 is 34.8 Å². The van der Waals surface area contributed by atoms with E-state index in [4.69, 9.17) is 34.8 Å². The fourth-order valence-electron chi connectivity index (χ4n) is 7.09. The molecule has 0 atom stereocenters. The van der Waals surface area contributed by atoms with E-state index in [-0.39, 0.29) is 10.8 Å².